The van der Waals surface area contributed by atoms with E-state index in [2.05, 4.69) is 16.8 Å². The van der Waals surface area contributed by atoms with E-state index in [9.17, 15) is 0 Å². The highest BCUT2D eigenvalue weighted by molar-refractivity contribution is 5.24. The van der Waals surface area contributed by atoms with Gasteiger partial charge in [0.2, 0.25) is 0 Å². The van der Waals surface area contributed by atoms with Crippen molar-refractivity contribution in [1.82, 2.24) is 9.55 Å². The van der Waals surface area contributed by atoms with Gasteiger partial charge >= 0.3 is 0 Å². The Kier molecular flexibility index (Phi) is 1.55. The second-order valence-corrected chi connectivity index (χ2v) is 1.76. The first-order valence-corrected chi connectivity index (χ1v) is 2.73. The predicted molar refractivity (Wildman–Crippen MR) is 35.8 cm³/mol. The molecule has 1 aromatic heterocycles. The Morgan fingerprint density at radius 3 is 2.89 bits per heavy atom. The fourth-order valence-corrected chi connectivity index (χ4v) is 0.606. The van der Waals surface area contributed by atoms with Crippen molar-refractivity contribution < 1.29 is 0 Å². The molecular weight excluding hydrogens is 112 g/mol. The smallest absolute Gasteiger partial charge is 0.111 e. The van der Waals surface area contributed by atoms with Crippen molar-refractivity contribution >= 4 is 0 Å². The molecule has 0 bridgehead atoms. The van der Waals surface area contributed by atoms with Gasteiger partial charge in [-0.25, -0.2) is 4.98 Å². The van der Waals surface area contributed by atoms with Crippen LogP contribution in [0.2, 0.25) is 0 Å². The molecule has 0 aliphatic rings. The minimum absolute atomic E-state index is 0.956. The highest BCUT2D eigenvalue weighted by Crippen LogP contribution is 1.90. The third-order valence-corrected chi connectivity index (χ3v) is 1.07. The molecule has 0 spiro atoms. The molecule has 0 unspecified atom stereocenters. The van der Waals surface area contributed by atoms with Gasteiger partial charge in [0.05, 0.1) is 12.5 Å². The minimum atomic E-state index is 0.956. The lowest BCUT2D eigenvalue weighted by atomic mass is 10.5. The summed E-state index contributed by atoms with van der Waals surface area (Å²) in [6.07, 6.45) is 3.48. The molecule has 0 atom stereocenters. The van der Waals surface area contributed by atoms with Crippen molar-refractivity contribution in [2.75, 3.05) is 0 Å². The van der Waals surface area contributed by atoms with Gasteiger partial charge in [-0.2, -0.15) is 0 Å². The molecule has 46 valence electrons. The Morgan fingerprint density at radius 1 is 1.67 bits per heavy atom. The van der Waals surface area contributed by atoms with Crippen LogP contribution >= 0.6 is 0 Å². The third kappa shape index (κ3) is 1.11. The van der Waals surface area contributed by atoms with E-state index in [1.165, 1.54) is 0 Å². The standard InChI is InChI=1S/C7H8N2/c1-3-4-7-5-8-6-9(7)2/h5-6H,1-2H3. The molecule has 0 aliphatic heterocycles. The maximum Gasteiger partial charge on any atom is 0.111 e. The maximum absolute atomic E-state index is 3.90. The number of nitrogens with zero attached hydrogens (tertiary/aromatic N) is 2. The van der Waals surface area contributed by atoms with Gasteiger partial charge in [0.25, 0.3) is 0 Å². The van der Waals surface area contributed by atoms with Crippen LogP contribution in [0.1, 0.15) is 12.6 Å². The van der Waals surface area contributed by atoms with Crippen LogP contribution in [0, 0.1) is 11.8 Å². The van der Waals surface area contributed by atoms with Crippen molar-refractivity contribution in [3.63, 3.8) is 0 Å². The molecule has 2 nitrogen and oxygen atoms in total. The van der Waals surface area contributed by atoms with Crippen molar-refractivity contribution in [1.29, 1.82) is 0 Å². The number of rotatable bonds is 0. The van der Waals surface area contributed by atoms with Crippen LogP contribution in [0.15, 0.2) is 12.5 Å². The van der Waals surface area contributed by atoms with Gasteiger partial charge < -0.3 is 4.57 Å². The normalized spacial score (nSPS) is 8.22. The van der Waals surface area contributed by atoms with E-state index < -0.39 is 0 Å². The van der Waals surface area contributed by atoms with Crippen LogP contribution in [-0.4, -0.2) is 9.55 Å². The van der Waals surface area contributed by atoms with E-state index in [0.717, 1.165) is 5.69 Å². The Labute approximate surface area is 54.5 Å². The number of imidazole rings is 1. The zero-order valence-corrected chi connectivity index (χ0v) is 5.55. The lowest BCUT2D eigenvalue weighted by Crippen LogP contribution is -1.87. The highest BCUT2D eigenvalue weighted by atomic mass is 15.0. The molecule has 0 aromatic carbocycles. The van der Waals surface area contributed by atoms with Crippen LogP contribution < -0.4 is 0 Å². The zero-order chi connectivity index (χ0) is 6.69. The largest absolute Gasteiger partial charge is 0.327 e. The van der Waals surface area contributed by atoms with E-state index in [1.807, 2.05) is 18.5 Å². The fraction of sp³-hybridized carbons (Fsp3) is 0.286. The second-order valence-electron chi connectivity index (χ2n) is 1.76. The average Bonchev–Trinajstić information content (AvgIpc) is 2.18. The van der Waals surface area contributed by atoms with Crippen molar-refractivity contribution in [2.45, 2.75) is 6.92 Å². The summed E-state index contributed by atoms with van der Waals surface area (Å²) < 4.78 is 1.89. The van der Waals surface area contributed by atoms with Gasteiger partial charge in [0.1, 0.15) is 5.69 Å². The Morgan fingerprint density at radius 2 is 2.44 bits per heavy atom. The van der Waals surface area contributed by atoms with Gasteiger partial charge in [-0.15, -0.1) is 0 Å². The molecule has 0 fully saturated rings. The summed E-state index contributed by atoms with van der Waals surface area (Å²) in [6.45, 7) is 1.81. The van der Waals surface area contributed by atoms with Gasteiger partial charge in [0.15, 0.2) is 0 Å². The van der Waals surface area contributed by atoms with Gasteiger partial charge in [0, 0.05) is 7.05 Å². The molecule has 0 N–H and O–H groups in total. The van der Waals surface area contributed by atoms with E-state index in [-0.39, 0.29) is 0 Å². The van der Waals surface area contributed by atoms with E-state index in [1.54, 1.807) is 12.5 Å². The molecule has 0 radical (unpaired) electrons. The first-order valence-electron chi connectivity index (χ1n) is 2.73. The molecule has 0 amide bonds. The van der Waals surface area contributed by atoms with Crippen LogP contribution in [0.5, 0.6) is 0 Å². The summed E-state index contributed by atoms with van der Waals surface area (Å²) in [7, 11) is 1.92. The molecule has 0 saturated heterocycles. The number of hydrogen-bond acceptors (Lipinski definition) is 1. The van der Waals surface area contributed by atoms with Crippen LogP contribution in [0.4, 0.5) is 0 Å². The van der Waals surface area contributed by atoms with E-state index >= 15 is 0 Å². The zero-order valence-electron chi connectivity index (χ0n) is 5.55. The Bertz CT molecular complexity index is 249. The second kappa shape index (κ2) is 2.36. The fourth-order valence-electron chi connectivity index (χ4n) is 0.606. The summed E-state index contributed by atoms with van der Waals surface area (Å²) in [5.41, 5.74) is 0.956. The van der Waals surface area contributed by atoms with Crippen LogP contribution in [0.3, 0.4) is 0 Å². The Hall–Kier alpha value is -1.23. The quantitative estimate of drug-likeness (QED) is 0.463. The predicted octanol–water partition coefficient (Wildman–Crippen LogP) is 0.791. The molecule has 1 rings (SSSR count). The molecule has 1 aromatic rings. The number of hydrogen-bond donors (Lipinski definition) is 0. The summed E-state index contributed by atoms with van der Waals surface area (Å²) in [4.78, 5) is 3.90. The monoisotopic (exact) mass is 120 g/mol. The summed E-state index contributed by atoms with van der Waals surface area (Å²) >= 11 is 0. The molecule has 1 heterocycles. The lowest BCUT2D eigenvalue weighted by molar-refractivity contribution is 0.899. The SMILES string of the molecule is CC#Cc1cncn1C. The van der Waals surface area contributed by atoms with E-state index in [0.29, 0.717) is 0 Å². The summed E-state index contributed by atoms with van der Waals surface area (Å²) in [5, 5.41) is 0. The van der Waals surface area contributed by atoms with Crippen molar-refractivity contribution in [3.8, 4) is 11.8 Å². The molecule has 2 heteroatoms. The summed E-state index contributed by atoms with van der Waals surface area (Å²) in [6, 6.07) is 0. The van der Waals surface area contributed by atoms with Gasteiger partial charge in [-0.3, -0.25) is 0 Å². The first-order chi connectivity index (χ1) is 4.34. The minimum Gasteiger partial charge on any atom is -0.327 e. The summed E-state index contributed by atoms with van der Waals surface area (Å²) in [5.74, 6) is 5.71. The van der Waals surface area contributed by atoms with Gasteiger partial charge in [-0.05, 0) is 12.8 Å². The topological polar surface area (TPSA) is 17.8 Å². The molecular formula is C7H8N2. The average molecular weight is 120 g/mol. The van der Waals surface area contributed by atoms with E-state index in [4.69, 9.17) is 0 Å². The van der Waals surface area contributed by atoms with Crippen LogP contribution in [-0.2, 0) is 7.05 Å². The number of aromatic nitrogens is 2. The van der Waals surface area contributed by atoms with Gasteiger partial charge in [-0.1, -0.05) is 5.92 Å². The molecule has 0 aliphatic carbocycles. The molecule has 0 saturated carbocycles. The number of aryl methyl sites for hydroxylation is 1. The molecule has 9 heavy (non-hydrogen) atoms. The lowest BCUT2D eigenvalue weighted by Gasteiger charge is -1.87. The van der Waals surface area contributed by atoms with Crippen LogP contribution in [0.25, 0.3) is 0 Å². The van der Waals surface area contributed by atoms with Crippen molar-refractivity contribution in [2.24, 2.45) is 7.05 Å². The van der Waals surface area contributed by atoms with Crippen molar-refractivity contribution in [3.05, 3.63) is 18.2 Å². The highest BCUT2D eigenvalue weighted by Gasteiger charge is 1.88. The maximum atomic E-state index is 3.90. The Balaban J connectivity index is 3.03. The first kappa shape index (κ1) is 5.90. The third-order valence-electron chi connectivity index (χ3n) is 1.07.